The molecule has 1 aromatic carbocycles. The van der Waals surface area contributed by atoms with Crippen molar-refractivity contribution in [2.24, 2.45) is 16.7 Å². The zero-order valence-corrected chi connectivity index (χ0v) is 16.2. The molecule has 138 valence electrons. The Morgan fingerprint density at radius 2 is 1.96 bits per heavy atom. The van der Waals surface area contributed by atoms with Gasteiger partial charge in [0.15, 0.2) is 0 Å². The molecule has 1 saturated carbocycles. The Morgan fingerprint density at radius 1 is 1.32 bits per heavy atom. The number of carbonyl (C=O) groups is 2. The minimum absolute atomic E-state index is 0.0301. The van der Waals surface area contributed by atoms with E-state index >= 15 is 0 Å². The molecule has 0 aromatic heterocycles. The summed E-state index contributed by atoms with van der Waals surface area (Å²) in [5, 5.41) is 3.11. The van der Waals surface area contributed by atoms with Crippen LogP contribution in [-0.4, -0.2) is 30.8 Å². The van der Waals surface area contributed by atoms with Crippen LogP contribution in [0.25, 0.3) is 0 Å². The van der Waals surface area contributed by atoms with E-state index in [1.54, 1.807) is 25.1 Å². The van der Waals surface area contributed by atoms with E-state index in [1.807, 2.05) is 20.8 Å². The molecule has 2 amide bonds. The standard InChI is InChI=1S/C19H26ClFN2O2/c1-18(2)13(16(24)23(4)5)9-10-19(18,3)17(25)22-11-12-14(20)7-6-8-15(12)21/h6-8,13H,9-11H2,1-5H3,(H,22,25)/t13-,19+/m0/s1. The second-order valence-electron chi connectivity index (χ2n) is 7.76. The number of benzene rings is 1. The predicted molar refractivity (Wildman–Crippen MR) is 96.6 cm³/mol. The molecule has 1 aliphatic rings. The Labute approximate surface area is 153 Å². The summed E-state index contributed by atoms with van der Waals surface area (Å²) in [5.74, 6) is -0.788. The second-order valence-corrected chi connectivity index (χ2v) is 8.17. The number of hydrogen-bond acceptors (Lipinski definition) is 2. The first-order valence-corrected chi connectivity index (χ1v) is 8.82. The molecular weight excluding hydrogens is 343 g/mol. The fraction of sp³-hybridized carbons (Fsp3) is 0.579. The van der Waals surface area contributed by atoms with Gasteiger partial charge in [-0.3, -0.25) is 9.59 Å². The SMILES string of the molecule is CN(C)C(=O)[C@@H]1CC[C@](C)(C(=O)NCc2c(F)cccc2Cl)C1(C)C. The van der Waals surface area contributed by atoms with Gasteiger partial charge in [-0.05, 0) is 30.4 Å². The van der Waals surface area contributed by atoms with Crippen LogP contribution in [0.3, 0.4) is 0 Å². The number of rotatable bonds is 4. The van der Waals surface area contributed by atoms with Crippen molar-refractivity contribution in [3.05, 3.63) is 34.6 Å². The van der Waals surface area contributed by atoms with Gasteiger partial charge in [0.25, 0.3) is 0 Å². The van der Waals surface area contributed by atoms with Gasteiger partial charge in [-0.1, -0.05) is 38.4 Å². The molecule has 25 heavy (non-hydrogen) atoms. The average Bonchev–Trinajstić information content (AvgIpc) is 2.77. The third kappa shape index (κ3) is 3.39. The van der Waals surface area contributed by atoms with E-state index in [4.69, 9.17) is 11.6 Å². The molecule has 0 radical (unpaired) electrons. The van der Waals surface area contributed by atoms with Crippen molar-refractivity contribution in [1.29, 1.82) is 0 Å². The van der Waals surface area contributed by atoms with Crippen LogP contribution >= 0.6 is 11.6 Å². The van der Waals surface area contributed by atoms with Crippen molar-refractivity contribution in [3.8, 4) is 0 Å². The van der Waals surface area contributed by atoms with Gasteiger partial charge >= 0.3 is 0 Å². The van der Waals surface area contributed by atoms with E-state index in [-0.39, 0.29) is 34.9 Å². The third-order valence-corrected chi connectivity index (χ3v) is 6.31. The van der Waals surface area contributed by atoms with Gasteiger partial charge in [0, 0.05) is 37.1 Å². The summed E-state index contributed by atoms with van der Waals surface area (Å²) in [7, 11) is 3.46. The molecule has 6 heteroatoms. The van der Waals surface area contributed by atoms with Crippen LogP contribution in [0.2, 0.25) is 5.02 Å². The van der Waals surface area contributed by atoms with E-state index in [0.717, 1.165) is 0 Å². The van der Waals surface area contributed by atoms with Gasteiger partial charge in [-0.15, -0.1) is 0 Å². The summed E-state index contributed by atoms with van der Waals surface area (Å²) in [6.07, 6.45) is 1.27. The maximum Gasteiger partial charge on any atom is 0.226 e. The largest absolute Gasteiger partial charge is 0.351 e. The van der Waals surface area contributed by atoms with E-state index < -0.39 is 16.6 Å². The van der Waals surface area contributed by atoms with Crippen LogP contribution in [0, 0.1) is 22.6 Å². The van der Waals surface area contributed by atoms with Crippen molar-refractivity contribution in [1.82, 2.24) is 10.2 Å². The number of amides is 2. The van der Waals surface area contributed by atoms with Gasteiger partial charge in [0.05, 0.1) is 5.41 Å². The number of halogens is 2. The molecule has 0 spiro atoms. The minimum atomic E-state index is -0.707. The Balaban J connectivity index is 2.17. The molecule has 0 saturated heterocycles. The number of hydrogen-bond donors (Lipinski definition) is 1. The topological polar surface area (TPSA) is 49.4 Å². The normalized spacial score (nSPS) is 24.8. The molecule has 1 aromatic rings. The zero-order valence-electron chi connectivity index (χ0n) is 15.5. The highest BCUT2D eigenvalue weighted by Gasteiger charge is 2.58. The predicted octanol–water partition coefficient (Wildman–Crippen LogP) is 3.63. The van der Waals surface area contributed by atoms with Crippen molar-refractivity contribution in [2.75, 3.05) is 14.1 Å². The number of nitrogens with one attached hydrogen (secondary N) is 1. The van der Waals surface area contributed by atoms with Crippen molar-refractivity contribution < 1.29 is 14.0 Å². The summed E-state index contributed by atoms with van der Waals surface area (Å²) in [5.41, 5.74) is -0.934. The summed E-state index contributed by atoms with van der Waals surface area (Å²) in [6.45, 7) is 5.83. The molecule has 0 heterocycles. The fourth-order valence-electron chi connectivity index (χ4n) is 3.72. The van der Waals surface area contributed by atoms with Crippen LogP contribution in [0.4, 0.5) is 4.39 Å². The summed E-state index contributed by atoms with van der Waals surface area (Å²) in [6, 6.07) is 4.45. The van der Waals surface area contributed by atoms with Gasteiger partial charge < -0.3 is 10.2 Å². The fourth-order valence-corrected chi connectivity index (χ4v) is 3.95. The zero-order chi connectivity index (χ0) is 19.0. The van der Waals surface area contributed by atoms with Gasteiger partial charge in [-0.2, -0.15) is 0 Å². The molecule has 1 N–H and O–H groups in total. The monoisotopic (exact) mass is 368 g/mol. The highest BCUT2D eigenvalue weighted by Crippen LogP contribution is 2.56. The quantitative estimate of drug-likeness (QED) is 0.882. The molecule has 0 unspecified atom stereocenters. The average molecular weight is 369 g/mol. The molecule has 1 fully saturated rings. The Hall–Kier alpha value is -1.62. The number of nitrogens with zero attached hydrogens (tertiary/aromatic N) is 1. The lowest BCUT2D eigenvalue weighted by Crippen LogP contribution is -2.49. The lowest BCUT2D eigenvalue weighted by Gasteiger charge is -2.40. The first-order valence-electron chi connectivity index (χ1n) is 8.44. The van der Waals surface area contributed by atoms with Crippen LogP contribution in [0.5, 0.6) is 0 Å². The highest BCUT2D eigenvalue weighted by atomic mass is 35.5. The molecule has 0 aliphatic heterocycles. The smallest absolute Gasteiger partial charge is 0.226 e. The molecule has 2 atom stereocenters. The molecule has 1 aliphatic carbocycles. The lowest BCUT2D eigenvalue weighted by molar-refractivity contribution is -0.142. The Morgan fingerprint density at radius 3 is 2.52 bits per heavy atom. The van der Waals surface area contributed by atoms with Gasteiger partial charge in [-0.25, -0.2) is 4.39 Å². The van der Waals surface area contributed by atoms with Crippen LogP contribution in [0.1, 0.15) is 39.2 Å². The van der Waals surface area contributed by atoms with Gasteiger partial charge in [0.1, 0.15) is 5.82 Å². The molecule has 0 bridgehead atoms. The van der Waals surface area contributed by atoms with Crippen LogP contribution in [0.15, 0.2) is 18.2 Å². The molecule has 4 nitrogen and oxygen atoms in total. The third-order valence-electron chi connectivity index (χ3n) is 5.95. The number of carbonyl (C=O) groups excluding carboxylic acids is 2. The van der Waals surface area contributed by atoms with Crippen molar-refractivity contribution >= 4 is 23.4 Å². The first kappa shape index (κ1) is 19.7. The minimum Gasteiger partial charge on any atom is -0.351 e. The summed E-state index contributed by atoms with van der Waals surface area (Å²) in [4.78, 5) is 27.0. The first-order chi connectivity index (χ1) is 11.5. The van der Waals surface area contributed by atoms with Crippen molar-refractivity contribution in [3.63, 3.8) is 0 Å². The van der Waals surface area contributed by atoms with E-state index in [1.165, 1.54) is 12.1 Å². The van der Waals surface area contributed by atoms with E-state index in [0.29, 0.717) is 12.8 Å². The van der Waals surface area contributed by atoms with Crippen LogP contribution in [-0.2, 0) is 16.1 Å². The maximum absolute atomic E-state index is 13.9. The van der Waals surface area contributed by atoms with E-state index in [9.17, 15) is 14.0 Å². The van der Waals surface area contributed by atoms with E-state index in [2.05, 4.69) is 5.32 Å². The Kier molecular flexibility index (Phi) is 5.47. The lowest BCUT2D eigenvalue weighted by atomic mass is 9.65. The van der Waals surface area contributed by atoms with Crippen molar-refractivity contribution in [2.45, 2.75) is 40.2 Å². The maximum atomic E-state index is 13.9. The van der Waals surface area contributed by atoms with Crippen LogP contribution < -0.4 is 5.32 Å². The Bertz CT molecular complexity index is 670. The highest BCUT2D eigenvalue weighted by molar-refractivity contribution is 6.31. The molecular formula is C19H26ClFN2O2. The summed E-state index contributed by atoms with van der Waals surface area (Å²) < 4.78 is 13.9. The molecule has 2 rings (SSSR count). The second kappa shape index (κ2) is 6.94. The summed E-state index contributed by atoms with van der Waals surface area (Å²) >= 11 is 6.02. The van der Waals surface area contributed by atoms with Gasteiger partial charge in [0.2, 0.25) is 11.8 Å².